The van der Waals surface area contributed by atoms with Crippen LogP contribution in [0.1, 0.15) is 36.8 Å². The highest BCUT2D eigenvalue weighted by Gasteiger charge is 2.29. The van der Waals surface area contributed by atoms with Gasteiger partial charge in [0.1, 0.15) is 0 Å². The maximum absolute atomic E-state index is 11.9. The van der Waals surface area contributed by atoms with Gasteiger partial charge in [-0.05, 0) is 43.9 Å². The molecule has 0 bridgehead atoms. The lowest BCUT2D eigenvalue weighted by Gasteiger charge is -2.10. The van der Waals surface area contributed by atoms with E-state index < -0.39 is 0 Å². The summed E-state index contributed by atoms with van der Waals surface area (Å²) in [5, 5.41) is 2.79. The van der Waals surface area contributed by atoms with E-state index in [9.17, 15) is 14.4 Å². The molecule has 0 spiro atoms. The molecule has 0 radical (unpaired) electrons. The Bertz CT molecular complexity index is 594. The third-order valence-corrected chi connectivity index (χ3v) is 3.52. The number of aryl methyl sites for hydroxylation is 2. The van der Waals surface area contributed by atoms with Crippen molar-refractivity contribution in [1.29, 1.82) is 0 Å². The fourth-order valence-electron chi connectivity index (χ4n) is 1.95. The third kappa shape index (κ3) is 4.87. The number of carbonyl (C=O) groups is 3. The Hall–Kier alpha value is -2.37. The predicted octanol–water partition coefficient (Wildman–Crippen LogP) is 1.58. The average molecular weight is 303 g/mol. The van der Waals surface area contributed by atoms with Crippen molar-refractivity contribution < 1.29 is 14.4 Å². The highest BCUT2D eigenvalue weighted by molar-refractivity contribution is 5.94. The maximum Gasteiger partial charge on any atom is 0.241 e. The number of benzene rings is 1. The predicted molar refractivity (Wildman–Crippen MR) is 82.8 cm³/mol. The number of hydrogen-bond donors (Lipinski definition) is 3. The van der Waals surface area contributed by atoms with E-state index in [1.54, 1.807) is 0 Å². The molecule has 3 N–H and O–H groups in total. The Balaban J connectivity index is 1.71. The van der Waals surface area contributed by atoms with Crippen LogP contribution in [0.25, 0.3) is 0 Å². The number of hydrogen-bond acceptors (Lipinski definition) is 3. The summed E-state index contributed by atoms with van der Waals surface area (Å²) in [5.74, 6) is -0.719. The largest absolute Gasteiger partial charge is 0.326 e. The standard InChI is InChI=1S/C16H21N3O3/c1-10-3-4-11(2)13(9-10)17-14(20)7-8-15(21)18-19-16(22)12-5-6-12/h3-4,9,12H,5-8H2,1-2H3,(H,17,20)(H,18,21)(H,19,22). The van der Waals surface area contributed by atoms with Crippen LogP contribution in [0.3, 0.4) is 0 Å². The van der Waals surface area contributed by atoms with Gasteiger partial charge in [0, 0.05) is 24.4 Å². The second-order valence-corrected chi connectivity index (χ2v) is 5.68. The Morgan fingerprint density at radius 1 is 1.05 bits per heavy atom. The smallest absolute Gasteiger partial charge is 0.241 e. The molecular weight excluding hydrogens is 282 g/mol. The van der Waals surface area contributed by atoms with Gasteiger partial charge in [-0.25, -0.2) is 0 Å². The van der Waals surface area contributed by atoms with Crippen molar-refractivity contribution in [1.82, 2.24) is 10.9 Å². The molecule has 0 heterocycles. The number of rotatable bonds is 5. The molecule has 0 saturated heterocycles. The molecule has 0 aliphatic heterocycles. The molecule has 1 aromatic carbocycles. The molecule has 1 aliphatic carbocycles. The third-order valence-electron chi connectivity index (χ3n) is 3.52. The van der Waals surface area contributed by atoms with E-state index in [0.29, 0.717) is 0 Å². The first-order chi connectivity index (χ1) is 10.5. The van der Waals surface area contributed by atoms with E-state index in [1.807, 2.05) is 32.0 Å². The van der Waals surface area contributed by atoms with Gasteiger partial charge in [-0.3, -0.25) is 25.2 Å². The van der Waals surface area contributed by atoms with Crippen LogP contribution in [0.4, 0.5) is 5.69 Å². The summed E-state index contributed by atoms with van der Waals surface area (Å²) < 4.78 is 0. The zero-order chi connectivity index (χ0) is 16.1. The van der Waals surface area contributed by atoms with Crippen molar-refractivity contribution in [3.05, 3.63) is 29.3 Å². The Morgan fingerprint density at radius 2 is 1.73 bits per heavy atom. The number of nitrogens with one attached hydrogen (secondary N) is 3. The van der Waals surface area contributed by atoms with Crippen molar-refractivity contribution in [3.63, 3.8) is 0 Å². The quantitative estimate of drug-likeness (QED) is 0.722. The second kappa shape index (κ2) is 7.06. The summed E-state index contributed by atoms with van der Waals surface area (Å²) >= 11 is 0. The fraction of sp³-hybridized carbons (Fsp3) is 0.438. The van der Waals surface area contributed by atoms with Crippen molar-refractivity contribution in [2.24, 2.45) is 5.92 Å². The normalized spacial score (nSPS) is 13.4. The molecule has 0 atom stereocenters. The van der Waals surface area contributed by atoms with Crippen LogP contribution in [0.15, 0.2) is 18.2 Å². The molecule has 1 aromatic rings. The summed E-state index contributed by atoms with van der Waals surface area (Å²) in [5.41, 5.74) is 7.48. The van der Waals surface area contributed by atoms with Crippen molar-refractivity contribution in [2.75, 3.05) is 5.32 Å². The van der Waals surface area contributed by atoms with Gasteiger partial charge in [0.25, 0.3) is 0 Å². The first kappa shape index (κ1) is 16.0. The first-order valence-electron chi connectivity index (χ1n) is 7.41. The molecule has 3 amide bonds. The van der Waals surface area contributed by atoms with Gasteiger partial charge in [0.2, 0.25) is 17.7 Å². The van der Waals surface area contributed by atoms with E-state index >= 15 is 0 Å². The van der Waals surface area contributed by atoms with Gasteiger partial charge < -0.3 is 5.32 Å². The van der Waals surface area contributed by atoms with Crippen LogP contribution >= 0.6 is 0 Å². The van der Waals surface area contributed by atoms with Gasteiger partial charge in [-0.1, -0.05) is 12.1 Å². The minimum Gasteiger partial charge on any atom is -0.326 e. The van der Waals surface area contributed by atoms with Gasteiger partial charge in [0.15, 0.2) is 0 Å². The Morgan fingerprint density at radius 3 is 2.41 bits per heavy atom. The van der Waals surface area contributed by atoms with Crippen molar-refractivity contribution in [3.8, 4) is 0 Å². The van der Waals surface area contributed by atoms with Gasteiger partial charge >= 0.3 is 0 Å². The number of anilines is 1. The zero-order valence-corrected chi connectivity index (χ0v) is 12.9. The molecule has 118 valence electrons. The zero-order valence-electron chi connectivity index (χ0n) is 12.9. The van der Waals surface area contributed by atoms with E-state index in [2.05, 4.69) is 16.2 Å². The minimum atomic E-state index is -0.370. The lowest BCUT2D eigenvalue weighted by Crippen LogP contribution is -2.42. The molecule has 0 aromatic heterocycles. The van der Waals surface area contributed by atoms with Crippen LogP contribution in [0.5, 0.6) is 0 Å². The topological polar surface area (TPSA) is 87.3 Å². The van der Waals surface area contributed by atoms with Crippen molar-refractivity contribution >= 4 is 23.4 Å². The lowest BCUT2D eigenvalue weighted by atomic mass is 10.1. The van der Waals surface area contributed by atoms with E-state index in [-0.39, 0.29) is 36.5 Å². The molecule has 6 heteroatoms. The number of amides is 3. The highest BCUT2D eigenvalue weighted by Crippen LogP contribution is 2.28. The van der Waals surface area contributed by atoms with Crippen LogP contribution in [0, 0.1) is 19.8 Å². The summed E-state index contributed by atoms with van der Waals surface area (Å²) in [4.78, 5) is 34.8. The molecule has 6 nitrogen and oxygen atoms in total. The lowest BCUT2D eigenvalue weighted by molar-refractivity contribution is -0.130. The average Bonchev–Trinajstić information content (AvgIpc) is 3.31. The molecule has 1 saturated carbocycles. The SMILES string of the molecule is Cc1ccc(C)c(NC(=O)CCC(=O)NNC(=O)C2CC2)c1. The summed E-state index contributed by atoms with van der Waals surface area (Å²) in [6.45, 7) is 3.86. The van der Waals surface area contributed by atoms with Crippen LogP contribution < -0.4 is 16.2 Å². The van der Waals surface area contributed by atoms with Gasteiger partial charge in [0.05, 0.1) is 0 Å². The van der Waals surface area contributed by atoms with E-state index in [1.165, 1.54) is 0 Å². The summed E-state index contributed by atoms with van der Waals surface area (Å²) in [6.07, 6.45) is 1.85. The molecule has 0 unspecified atom stereocenters. The Labute approximate surface area is 129 Å². The number of hydrazine groups is 1. The molecule has 1 fully saturated rings. The first-order valence-corrected chi connectivity index (χ1v) is 7.41. The molecule has 22 heavy (non-hydrogen) atoms. The van der Waals surface area contributed by atoms with Gasteiger partial charge in [-0.15, -0.1) is 0 Å². The molecule has 1 aliphatic rings. The maximum atomic E-state index is 11.9. The number of carbonyl (C=O) groups excluding carboxylic acids is 3. The molecule has 2 rings (SSSR count). The van der Waals surface area contributed by atoms with Crippen LogP contribution in [0.2, 0.25) is 0 Å². The fourth-order valence-corrected chi connectivity index (χ4v) is 1.95. The highest BCUT2D eigenvalue weighted by atomic mass is 16.2. The van der Waals surface area contributed by atoms with Crippen molar-refractivity contribution in [2.45, 2.75) is 39.5 Å². The Kier molecular flexibility index (Phi) is 5.14. The molecular formula is C16H21N3O3. The van der Waals surface area contributed by atoms with Crippen LogP contribution in [-0.4, -0.2) is 17.7 Å². The second-order valence-electron chi connectivity index (χ2n) is 5.68. The van der Waals surface area contributed by atoms with E-state index in [0.717, 1.165) is 29.7 Å². The minimum absolute atomic E-state index is 0.0294. The van der Waals surface area contributed by atoms with Gasteiger partial charge in [-0.2, -0.15) is 0 Å². The van der Waals surface area contributed by atoms with E-state index in [4.69, 9.17) is 0 Å². The summed E-state index contributed by atoms with van der Waals surface area (Å²) in [6, 6.07) is 5.80. The van der Waals surface area contributed by atoms with Crippen LogP contribution in [-0.2, 0) is 14.4 Å². The summed E-state index contributed by atoms with van der Waals surface area (Å²) in [7, 11) is 0. The monoisotopic (exact) mass is 303 g/mol.